The number of thiazole rings is 1. The maximum Gasteiger partial charge on any atom is 0.263 e. The highest BCUT2D eigenvalue weighted by Crippen LogP contribution is 2.24. The number of methoxy groups -OCH3 is 2. The van der Waals surface area contributed by atoms with E-state index in [-0.39, 0.29) is 24.5 Å². The lowest BCUT2D eigenvalue weighted by atomic mass is 9.86. The number of rotatable bonds is 15. The number of carbonyl (C=O) groups excluding carboxylic acids is 3. The van der Waals surface area contributed by atoms with Crippen LogP contribution in [0.4, 0.5) is 0 Å². The molecule has 0 saturated heterocycles. The number of hydrogen-bond donors (Lipinski definition) is 7. The fraction of sp³-hybridized carbons (Fsp3) is 0.480. The van der Waals surface area contributed by atoms with Crippen molar-refractivity contribution in [3.8, 4) is 0 Å². The molecule has 13 nitrogen and oxygen atoms in total. The number of benzene rings is 1. The van der Waals surface area contributed by atoms with Gasteiger partial charge in [0.1, 0.15) is 17.0 Å². The van der Waals surface area contributed by atoms with Crippen molar-refractivity contribution in [1.82, 2.24) is 20.9 Å². The minimum atomic E-state index is -2.97. The van der Waals surface area contributed by atoms with Crippen LogP contribution in [0.2, 0.25) is 0 Å². The average molecular weight is 566 g/mol. The monoisotopic (exact) mass is 565 g/mol. The van der Waals surface area contributed by atoms with Crippen molar-refractivity contribution in [3.63, 3.8) is 0 Å². The lowest BCUT2D eigenvalue weighted by Crippen LogP contribution is -2.68. The molecule has 0 saturated carbocycles. The van der Waals surface area contributed by atoms with Gasteiger partial charge in [0.05, 0.1) is 30.5 Å². The van der Waals surface area contributed by atoms with Crippen LogP contribution in [0.3, 0.4) is 0 Å². The fourth-order valence-electron chi connectivity index (χ4n) is 3.54. The van der Waals surface area contributed by atoms with Gasteiger partial charge in [-0.2, -0.15) is 0 Å². The first kappa shape index (κ1) is 31.9. The number of hydrogen-bond acceptors (Lipinski definition) is 11. The fourth-order valence-corrected chi connectivity index (χ4v) is 4.22. The van der Waals surface area contributed by atoms with Gasteiger partial charge in [-0.1, -0.05) is 30.3 Å². The van der Waals surface area contributed by atoms with Gasteiger partial charge in [-0.25, -0.2) is 4.98 Å². The zero-order valence-corrected chi connectivity index (χ0v) is 22.9. The standard InChI is InChI=1S/C25H35N5O8S/c1-15-27-11-19(39-15)23(33)29-17(12-37-3)21(31)28-18(13-38-4)22(32)30-20(10-16-8-6-5-7-9-16)25(35,36)24(2,34)14-26/h5-9,11,14,17-18,20,26,34-36H,10,12-13H2,1-4H3,(H,28,31)(H,29,33)(H,30,32)/t17-,18-,20-,24+/m0/s1. The summed E-state index contributed by atoms with van der Waals surface area (Å²) in [4.78, 5) is 43.2. The van der Waals surface area contributed by atoms with Crippen LogP contribution in [0, 0.1) is 12.3 Å². The summed E-state index contributed by atoms with van der Waals surface area (Å²) >= 11 is 1.14. The molecule has 2 aromatic rings. The van der Waals surface area contributed by atoms with Crippen molar-refractivity contribution in [2.45, 2.75) is 49.8 Å². The Morgan fingerprint density at radius 3 is 2.10 bits per heavy atom. The van der Waals surface area contributed by atoms with E-state index in [0.29, 0.717) is 16.8 Å². The van der Waals surface area contributed by atoms with Crippen LogP contribution in [0.5, 0.6) is 0 Å². The lowest BCUT2D eigenvalue weighted by Gasteiger charge is -2.40. The summed E-state index contributed by atoms with van der Waals surface area (Å²) in [6.07, 6.45) is 1.70. The molecule has 3 amide bonds. The number of aliphatic hydroxyl groups is 3. The Balaban J connectivity index is 2.24. The molecule has 0 aliphatic carbocycles. The lowest BCUT2D eigenvalue weighted by molar-refractivity contribution is -0.257. The summed E-state index contributed by atoms with van der Waals surface area (Å²) in [5.41, 5.74) is -1.83. The quantitative estimate of drug-likeness (QED) is 0.106. The highest BCUT2D eigenvalue weighted by molar-refractivity contribution is 7.13. The minimum Gasteiger partial charge on any atom is -0.382 e. The molecule has 0 aliphatic heterocycles. The van der Waals surface area contributed by atoms with Crippen molar-refractivity contribution in [1.29, 1.82) is 5.41 Å². The molecule has 39 heavy (non-hydrogen) atoms. The Hall–Kier alpha value is -3.27. The van der Waals surface area contributed by atoms with E-state index in [0.717, 1.165) is 18.3 Å². The number of aryl methyl sites for hydroxylation is 1. The third kappa shape index (κ3) is 8.61. The first-order valence-corrected chi connectivity index (χ1v) is 12.7. The molecule has 1 aromatic carbocycles. The number of carbonyl (C=O) groups is 3. The Kier molecular flexibility index (Phi) is 11.6. The van der Waals surface area contributed by atoms with Gasteiger partial charge in [-0.15, -0.1) is 11.3 Å². The number of aromatic nitrogens is 1. The first-order valence-electron chi connectivity index (χ1n) is 11.9. The molecule has 0 unspecified atom stereocenters. The smallest absolute Gasteiger partial charge is 0.263 e. The second kappa shape index (κ2) is 14.2. The minimum absolute atomic E-state index is 0.131. The topological polar surface area (TPSA) is 203 Å². The largest absolute Gasteiger partial charge is 0.382 e. The van der Waals surface area contributed by atoms with Crippen LogP contribution in [-0.2, 0) is 25.5 Å². The molecular formula is C25H35N5O8S. The van der Waals surface area contributed by atoms with Gasteiger partial charge in [0.25, 0.3) is 5.91 Å². The normalized spacial score (nSPS) is 15.4. The van der Waals surface area contributed by atoms with E-state index in [2.05, 4.69) is 20.9 Å². The van der Waals surface area contributed by atoms with Gasteiger partial charge < -0.3 is 46.2 Å². The Bertz CT molecular complexity index is 1120. The zero-order valence-electron chi connectivity index (χ0n) is 22.1. The van der Waals surface area contributed by atoms with Crippen LogP contribution >= 0.6 is 11.3 Å². The second-order valence-electron chi connectivity index (χ2n) is 9.01. The van der Waals surface area contributed by atoms with Crippen LogP contribution in [-0.4, -0.2) is 101 Å². The van der Waals surface area contributed by atoms with Gasteiger partial charge in [-0.05, 0) is 25.8 Å². The summed E-state index contributed by atoms with van der Waals surface area (Å²) in [7, 11) is 2.64. The second-order valence-corrected chi connectivity index (χ2v) is 10.2. The van der Waals surface area contributed by atoms with Crippen molar-refractivity contribution < 1.29 is 39.2 Å². The Labute approximate surface area is 230 Å². The predicted molar refractivity (Wildman–Crippen MR) is 142 cm³/mol. The van der Waals surface area contributed by atoms with Gasteiger partial charge >= 0.3 is 0 Å². The van der Waals surface area contributed by atoms with E-state index in [9.17, 15) is 29.7 Å². The maximum absolute atomic E-state index is 13.3. The zero-order chi connectivity index (χ0) is 29.2. The number of ether oxygens (including phenoxy) is 2. The summed E-state index contributed by atoms with van der Waals surface area (Å²) in [5, 5.41) is 47.7. The number of amides is 3. The van der Waals surface area contributed by atoms with Gasteiger partial charge in [0.15, 0.2) is 5.60 Å². The molecule has 0 aliphatic rings. The first-order chi connectivity index (χ1) is 18.4. The molecule has 14 heteroatoms. The van der Waals surface area contributed by atoms with E-state index in [1.807, 2.05) is 0 Å². The number of nitrogens with one attached hydrogen (secondary N) is 4. The molecule has 0 radical (unpaired) electrons. The van der Waals surface area contributed by atoms with Crippen LogP contribution in [0.25, 0.3) is 0 Å². The molecule has 0 spiro atoms. The van der Waals surface area contributed by atoms with Crippen molar-refractivity contribution >= 4 is 35.3 Å². The molecule has 2 rings (SSSR count). The maximum atomic E-state index is 13.3. The van der Waals surface area contributed by atoms with Crippen molar-refractivity contribution in [2.75, 3.05) is 27.4 Å². The molecule has 0 bridgehead atoms. The summed E-state index contributed by atoms with van der Waals surface area (Å²) in [6, 6.07) is 4.54. The highest BCUT2D eigenvalue weighted by atomic mass is 32.1. The van der Waals surface area contributed by atoms with Gasteiger partial charge in [0.2, 0.25) is 17.6 Å². The van der Waals surface area contributed by atoms with Gasteiger partial charge in [-0.3, -0.25) is 14.4 Å². The Morgan fingerprint density at radius 2 is 1.59 bits per heavy atom. The van der Waals surface area contributed by atoms with E-state index in [1.165, 1.54) is 20.4 Å². The summed E-state index contributed by atoms with van der Waals surface area (Å²) < 4.78 is 10.1. The predicted octanol–water partition coefficient (Wildman–Crippen LogP) is -0.864. The highest BCUT2D eigenvalue weighted by Gasteiger charge is 2.50. The van der Waals surface area contributed by atoms with Crippen LogP contribution in [0.1, 0.15) is 27.2 Å². The molecule has 214 valence electrons. The van der Waals surface area contributed by atoms with Crippen LogP contribution < -0.4 is 16.0 Å². The summed E-state index contributed by atoms with van der Waals surface area (Å²) in [6.45, 7) is 2.24. The third-order valence-corrected chi connectivity index (χ3v) is 6.79. The van der Waals surface area contributed by atoms with Gasteiger partial charge in [0, 0.05) is 20.4 Å². The molecule has 1 aromatic heterocycles. The van der Waals surface area contributed by atoms with Crippen molar-refractivity contribution in [3.05, 3.63) is 52.0 Å². The average Bonchev–Trinajstić information content (AvgIpc) is 3.34. The van der Waals surface area contributed by atoms with E-state index < -0.39 is 47.2 Å². The molecular weight excluding hydrogens is 530 g/mol. The molecule has 7 N–H and O–H groups in total. The number of nitrogens with zero attached hydrogens (tertiary/aromatic N) is 1. The van der Waals surface area contributed by atoms with Crippen molar-refractivity contribution in [2.24, 2.45) is 0 Å². The van der Waals surface area contributed by atoms with E-state index in [4.69, 9.17) is 14.9 Å². The third-order valence-electron chi connectivity index (χ3n) is 5.88. The Morgan fingerprint density at radius 1 is 1.03 bits per heavy atom. The van der Waals surface area contributed by atoms with E-state index in [1.54, 1.807) is 37.3 Å². The van der Waals surface area contributed by atoms with E-state index >= 15 is 0 Å². The van der Waals surface area contributed by atoms with Crippen LogP contribution in [0.15, 0.2) is 36.5 Å². The molecule has 0 fully saturated rings. The molecule has 4 atom stereocenters. The SMILES string of the molecule is COC[C@H](NC(=O)c1cnc(C)s1)C(=O)N[C@@H](COC)C(=O)N[C@@H](Cc1ccccc1)C(O)(O)[C@](C)(O)C=N. The summed E-state index contributed by atoms with van der Waals surface area (Å²) in [5.74, 6) is -5.14. The molecule has 1 heterocycles.